The highest BCUT2D eigenvalue weighted by atomic mass is 14.6. The number of hydrogen-bond donors (Lipinski definition) is 0. The predicted octanol–water partition coefficient (Wildman–Crippen LogP) is 2.78. The lowest BCUT2D eigenvalue weighted by Gasteiger charge is -2.34. The van der Waals surface area contributed by atoms with Crippen LogP contribution in [0.1, 0.15) is 12.0 Å². The molecule has 1 atom stereocenters. The van der Waals surface area contributed by atoms with Gasteiger partial charge < -0.3 is 0 Å². The third kappa shape index (κ3) is 2.24. The van der Waals surface area contributed by atoms with Gasteiger partial charge in [0, 0.05) is 24.2 Å². The molecule has 2 aliphatic rings. The van der Waals surface area contributed by atoms with Crippen molar-refractivity contribution in [1.82, 2.24) is 4.98 Å². The number of benzene rings is 1. The van der Waals surface area contributed by atoms with Crippen LogP contribution >= 0.6 is 0 Å². The number of hydrogen-bond acceptors (Lipinski definition) is 1. The Hall–Kier alpha value is -2.85. The molecule has 110 valence electrons. The Balaban J connectivity index is 1.94. The van der Waals surface area contributed by atoms with E-state index in [1.54, 1.807) is 0 Å². The third-order valence-electron chi connectivity index (χ3n) is 4.71. The van der Waals surface area contributed by atoms with Gasteiger partial charge in [-0.1, -0.05) is 42.5 Å². The topological polar surface area (TPSA) is 12.9 Å². The van der Waals surface area contributed by atoms with Gasteiger partial charge in [-0.3, -0.25) is 4.98 Å². The van der Waals surface area contributed by atoms with Crippen molar-refractivity contribution in [1.29, 1.82) is 0 Å². The minimum atomic E-state index is -0.150. The summed E-state index contributed by atoms with van der Waals surface area (Å²) in [6, 6.07) is 12.7. The average Bonchev–Trinajstić information content (AvgIpc) is 2.96. The number of nitrogens with zero attached hydrogens (tertiary/aromatic N) is 1. The fourth-order valence-corrected chi connectivity index (χ4v) is 3.76. The number of aromatic nitrogens is 1. The molecule has 0 radical (unpaired) electrons. The smallest absolute Gasteiger partial charge is 0.0297 e. The Morgan fingerprint density at radius 3 is 2.74 bits per heavy atom. The molecule has 1 unspecified atom stereocenters. The van der Waals surface area contributed by atoms with E-state index in [4.69, 9.17) is 6.42 Å². The fraction of sp³-hybridized carbons (Fsp3) is 0.136. The van der Waals surface area contributed by atoms with Crippen LogP contribution in [0.15, 0.2) is 72.6 Å². The summed E-state index contributed by atoms with van der Waals surface area (Å²) in [5, 5.41) is 2.60. The molecule has 0 fully saturated rings. The molecule has 4 rings (SSSR count). The second-order valence-electron chi connectivity index (χ2n) is 6.16. The van der Waals surface area contributed by atoms with Gasteiger partial charge in [-0.2, -0.15) is 0 Å². The van der Waals surface area contributed by atoms with Crippen molar-refractivity contribution in [2.75, 3.05) is 0 Å². The highest BCUT2D eigenvalue weighted by Gasteiger charge is 2.36. The van der Waals surface area contributed by atoms with Crippen molar-refractivity contribution >= 4 is 11.6 Å². The maximum atomic E-state index is 5.76. The molecule has 0 bridgehead atoms. The molecule has 0 aliphatic heterocycles. The molecule has 2 aromatic rings. The van der Waals surface area contributed by atoms with Gasteiger partial charge in [0.2, 0.25) is 0 Å². The predicted molar refractivity (Wildman–Crippen MR) is 94.6 cm³/mol. The quantitative estimate of drug-likeness (QED) is 0.794. The summed E-state index contributed by atoms with van der Waals surface area (Å²) < 4.78 is 0. The summed E-state index contributed by atoms with van der Waals surface area (Å²) in [6.07, 6.45) is 19.9. The van der Waals surface area contributed by atoms with Crippen molar-refractivity contribution in [2.45, 2.75) is 12.8 Å². The minimum absolute atomic E-state index is 0.150. The van der Waals surface area contributed by atoms with Crippen LogP contribution in [0.25, 0.3) is 11.6 Å². The van der Waals surface area contributed by atoms with Gasteiger partial charge in [0.15, 0.2) is 0 Å². The molecule has 0 saturated carbocycles. The Morgan fingerprint density at radius 1 is 1.09 bits per heavy atom. The van der Waals surface area contributed by atoms with Gasteiger partial charge in [-0.05, 0) is 51.8 Å². The third-order valence-corrected chi connectivity index (χ3v) is 4.71. The number of allylic oxidation sites excluding steroid dienone is 4. The molecule has 0 spiro atoms. The van der Waals surface area contributed by atoms with Crippen LogP contribution in [0.3, 0.4) is 0 Å². The second kappa shape index (κ2) is 5.41. The van der Waals surface area contributed by atoms with E-state index in [2.05, 4.69) is 71.6 Å². The van der Waals surface area contributed by atoms with Crippen molar-refractivity contribution in [2.24, 2.45) is 5.41 Å². The highest BCUT2D eigenvalue weighted by Crippen LogP contribution is 2.44. The molecular weight excluding hydrogens is 278 g/mol. The highest BCUT2D eigenvalue weighted by molar-refractivity contribution is 5.87. The molecular formula is C22H17N. The number of rotatable bonds is 3. The first-order chi connectivity index (χ1) is 11.3. The van der Waals surface area contributed by atoms with Gasteiger partial charge in [0.25, 0.3) is 0 Å². The molecule has 1 aromatic heterocycles. The summed E-state index contributed by atoms with van der Waals surface area (Å²) in [4.78, 5) is 4.13. The van der Waals surface area contributed by atoms with E-state index in [9.17, 15) is 0 Å². The molecule has 23 heavy (non-hydrogen) atoms. The monoisotopic (exact) mass is 295 g/mol. The maximum absolute atomic E-state index is 5.76. The zero-order valence-corrected chi connectivity index (χ0v) is 12.9. The summed E-state index contributed by atoms with van der Waals surface area (Å²) in [7, 11) is 0. The molecule has 0 saturated heterocycles. The molecule has 0 N–H and O–H groups in total. The van der Waals surface area contributed by atoms with Crippen LogP contribution in [0.5, 0.6) is 0 Å². The van der Waals surface area contributed by atoms with E-state index >= 15 is 0 Å². The van der Waals surface area contributed by atoms with E-state index in [-0.39, 0.29) is 5.41 Å². The average molecular weight is 295 g/mol. The summed E-state index contributed by atoms with van der Waals surface area (Å²) in [5.41, 5.74) is 3.77. The zero-order valence-electron chi connectivity index (χ0n) is 12.9. The fourth-order valence-electron chi connectivity index (χ4n) is 3.76. The van der Waals surface area contributed by atoms with Crippen LogP contribution in [0.4, 0.5) is 0 Å². The van der Waals surface area contributed by atoms with Gasteiger partial charge >= 0.3 is 0 Å². The Labute approximate surface area is 136 Å². The maximum Gasteiger partial charge on any atom is 0.0297 e. The van der Waals surface area contributed by atoms with Crippen LogP contribution in [-0.2, 0) is 6.42 Å². The first kappa shape index (κ1) is 13.8. The molecule has 1 heteroatoms. The van der Waals surface area contributed by atoms with E-state index < -0.39 is 0 Å². The van der Waals surface area contributed by atoms with Gasteiger partial charge in [-0.25, -0.2) is 0 Å². The van der Waals surface area contributed by atoms with Gasteiger partial charge in [0.1, 0.15) is 0 Å². The van der Waals surface area contributed by atoms with Crippen molar-refractivity contribution in [3.63, 3.8) is 0 Å². The van der Waals surface area contributed by atoms with Crippen LogP contribution in [0.2, 0.25) is 0 Å². The van der Waals surface area contributed by atoms with Crippen LogP contribution in [0, 0.1) is 17.8 Å². The number of pyridine rings is 1. The van der Waals surface area contributed by atoms with E-state index in [0.717, 1.165) is 6.42 Å². The molecule has 1 heterocycles. The Kier molecular flexibility index (Phi) is 3.24. The lowest BCUT2D eigenvalue weighted by atomic mass is 9.68. The van der Waals surface area contributed by atoms with Crippen molar-refractivity contribution in [3.05, 3.63) is 88.6 Å². The van der Waals surface area contributed by atoms with Crippen molar-refractivity contribution in [3.8, 4) is 12.3 Å². The van der Waals surface area contributed by atoms with Crippen LogP contribution in [-0.4, -0.2) is 4.98 Å². The summed E-state index contributed by atoms with van der Waals surface area (Å²) in [6.45, 7) is 0. The second-order valence-corrected chi connectivity index (χ2v) is 6.16. The standard InChI is InChI=1S/C22H17N/c1-2-11-22(16-17-9-13-23-14-10-17)12-5-7-19-15-18-6-3-4-8-20(18)21(19)22/h1,3-10,12-15H,11,16H2. The largest absolute Gasteiger partial charge is 0.265 e. The number of terminal acetylenes is 1. The lowest BCUT2D eigenvalue weighted by Crippen LogP contribution is -2.32. The summed E-state index contributed by atoms with van der Waals surface area (Å²) >= 11 is 0. The minimum Gasteiger partial charge on any atom is -0.265 e. The van der Waals surface area contributed by atoms with Gasteiger partial charge in [0.05, 0.1) is 0 Å². The summed E-state index contributed by atoms with van der Waals surface area (Å²) in [5.74, 6) is 2.91. The lowest BCUT2D eigenvalue weighted by molar-refractivity contribution is 0.520. The van der Waals surface area contributed by atoms with Crippen molar-refractivity contribution < 1.29 is 0 Å². The Morgan fingerprint density at radius 2 is 1.91 bits per heavy atom. The van der Waals surface area contributed by atoms with Gasteiger partial charge in [-0.15, -0.1) is 12.3 Å². The SMILES string of the molecule is C#CCC1(Cc2ccncc2)C=CC=C2C=c3ccccc3=C21. The molecule has 2 aliphatic carbocycles. The van der Waals surface area contributed by atoms with Crippen LogP contribution < -0.4 is 10.4 Å². The zero-order chi connectivity index (χ0) is 15.7. The normalized spacial score (nSPS) is 21.0. The van der Waals surface area contributed by atoms with E-state index in [1.165, 1.54) is 27.1 Å². The number of fused-ring (bicyclic) bond motifs is 2. The molecule has 0 amide bonds. The van der Waals surface area contributed by atoms with E-state index in [0.29, 0.717) is 6.42 Å². The molecule has 1 aromatic carbocycles. The first-order valence-corrected chi connectivity index (χ1v) is 7.86. The Bertz CT molecular complexity index is 971. The van der Waals surface area contributed by atoms with E-state index in [1.807, 2.05) is 12.4 Å². The molecule has 1 nitrogen and oxygen atoms in total. The first-order valence-electron chi connectivity index (χ1n) is 7.86.